The Balaban J connectivity index is 1.58. The molecule has 0 unspecified atom stereocenters. The number of nitrogens with two attached hydrogens (primary N) is 1. The molecule has 0 spiro atoms. The van der Waals surface area contributed by atoms with Gasteiger partial charge in [0.05, 0.1) is 18.4 Å². The van der Waals surface area contributed by atoms with Crippen LogP contribution in [-0.4, -0.2) is 39.2 Å². The third-order valence-electron chi connectivity index (χ3n) is 4.94. The molecule has 35 heavy (non-hydrogen) atoms. The highest BCUT2D eigenvalue weighted by atomic mass is 32.2. The summed E-state index contributed by atoms with van der Waals surface area (Å²) in [6.07, 6.45) is -2.87. The number of anilines is 2. The van der Waals surface area contributed by atoms with Crippen LogP contribution in [0.1, 0.15) is 5.56 Å². The minimum atomic E-state index is -4.62. The van der Waals surface area contributed by atoms with E-state index < -0.39 is 24.2 Å². The van der Waals surface area contributed by atoms with Gasteiger partial charge in [-0.05, 0) is 42.7 Å². The summed E-state index contributed by atoms with van der Waals surface area (Å²) in [5.41, 5.74) is 5.92. The number of amides is 1. The summed E-state index contributed by atoms with van der Waals surface area (Å²) in [7, 11) is 1.56. The second-order valence-electron chi connectivity index (χ2n) is 7.17. The molecule has 0 aliphatic rings. The summed E-state index contributed by atoms with van der Waals surface area (Å²) in [6.45, 7) is -0.426. The van der Waals surface area contributed by atoms with Crippen LogP contribution in [0.15, 0.2) is 58.1 Å². The van der Waals surface area contributed by atoms with Crippen molar-refractivity contribution in [3.63, 3.8) is 0 Å². The first kappa shape index (κ1) is 24.1. The van der Waals surface area contributed by atoms with Gasteiger partial charge in [0.1, 0.15) is 28.7 Å². The molecule has 2 heterocycles. The number of hydrogen-bond donors (Lipinski definition) is 2. The number of alkyl halides is 3. The molecule has 182 valence electrons. The van der Waals surface area contributed by atoms with E-state index in [4.69, 9.17) is 15.0 Å². The van der Waals surface area contributed by atoms with Crippen molar-refractivity contribution in [2.45, 2.75) is 17.7 Å². The summed E-state index contributed by atoms with van der Waals surface area (Å²) >= 11 is 1.24. The van der Waals surface area contributed by atoms with Gasteiger partial charge in [-0.3, -0.25) is 4.79 Å². The molecule has 0 saturated carbocycles. The standard InChI is InChI=1S/C22H19F3N6O3S/c1-33-13-9-7-12(8-10-13)19-28-20(34-30-19)17-18(26)31(29-21(17)35-2)11-16(32)27-15-6-4-3-5-14(15)22(23,24)25/h3-10H,11,26H2,1-2H3,(H,27,32). The summed E-state index contributed by atoms with van der Waals surface area (Å²) in [5, 5.41) is 11.0. The Morgan fingerprint density at radius 1 is 1.20 bits per heavy atom. The van der Waals surface area contributed by atoms with Crippen LogP contribution in [0, 0.1) is 0 Å². The molecule has 0 atom stereocenters. The number of hydrogen-bond acceptors (Lipinski definition) is 8. The topological polar surface area (TPSA) is 121 Å². The number of halogens is 3. The first-order chi connectivity index (χ1) is 16.7. The number of para-hydroxylation sites is 1. The van der Waals surface area contributed by atoms with E-state index in [1.165, 1.54) is 34.6 Å². The van der Waals surface area contributed by atoms with Crippen LogP contribution in [0.2, 0.25) is 0 Å². The van der Waals surface area contributed by atoms with Crippen LogP contribution in [0.3, 0.4) is 0 Å². The number of nitrogen functional groups attached to an aromatic ring is 1. The number of ether oxygens (including phenoxy) is 1. The molecule has 0 aliphatic heterocycles. The second kappa shape index (κ2) is 9.70. The van der Waals surface area contributed by atoms with Gasteiger partial charge in [-0.2, -0.15) is 23.3 Å². The van der Waals surface area contributed by atoms with E-state index >= 15 is 0 Å². The van der Waals surface area contributed by atoms with Crippen LogP contribution in [-0.2, 0) is 17.5 Å². The molecule has 2 aromatic carbocycles. The predicted molar refractivity (Wildman–Crippen MR) is 124 cm³/mol. The number of thioether (sulfide) groups is 1. The number of nitrogens with zero attached hydrogens (tertiary/aromatic N) is 4. The highest BCUT2D eigenvalue weighted by Crippen LogP contribution is 2.36. The lowest BCUT2D eigenvalue weighted by molar-refractivity contribution is -0.137. The molecule has 2 aromatic heterocycles. The number of rotatable bonds is 7. The van der Waals surface area contributed by atoms with Gasteiger partial charge in [0.25, 0.3) is 5.89 Å². The van der Waals surface area contributed by atoms with E-state index in [1.807, 2.05) is 0 Å². The van der Waals surface area contributed by atoms with Gasteiger partial charge in [0.15, 0.2) is 0 Å². The van der Waals surface area contributed by atoms with Gasteiger partial charge in [0.2, 0.25) is 11.7 Å². The average molecular weight is 504 g/mol. The van der Waals surface area contributed by atoms with Crippen molar-refractivity contribution in [1.29, 1.82) is 0 Å². The summed E-state index contributed by atoms with van der Waals surface area (Å²) in [6, 6.07) is 11.7. The maximum atomic E-state index is 13.2. The fourth-order valence-electron chi connectivity index (χ4n) is 3.26. The van der Waals surface area contributed by atoms with E-state index in [0.29, 0.717) is 27.7 Å². The first-order valence-electron chi connectivity index (χ1n) is 10.1. The lowest BCUT2D eigenvalue weighted by Crippen LogP contribution is -2.22. The molecule has 4 rings (SSSR count). The van der Waals surface area contributed by atoms with Gasteiger partial charge in [-0.15, -0.1) is 11.8 Å². The third kappa shape index (κ3) is 5.09. The van der Waals surface area contributed by atoms with Crippen molar-refractivity contribution in [2.24, 2.45) is 0 Å². The van der Waals surface area contributed by atoms with Crippen molar-refractivity contribution in [2.75, 3.05) is 24.4 Å². The Morgan fingerprint density at radius 2 is 1.91 bits per heavy atom. The molecule has 0 saturated heterocycles. The van der Waals surface area contributed by atoms with E-state index in [9.17, 15) is 18.0 Å². The van der Waals surface area contributed by atoms with E-state index in [1.54, 1.807) is 37.6 Å². The van der Waals surface area contributed by atoms with Crippen LogP contribution in [0.25, 0.3) is 22.8 Å². The zero-order valence-corrected chi connectivity index (χ0v) is 19.3. The summed E-state index contributed by atoms with van der Waals surface area (Å²) in [5.74, 6) is 0.386. The Labute approximate surface area is 201 Å². The molecule has 3 N–H and O–H groups in total. The maximum Gasteiger partial charge on any atom is 0.418 e. The second-order valence-corrected chi connectivity index (χ2v) is 7.97. The van der Waals surface area contributed by atoms with E-state index in [2.05, 4.69) is 20.6 Å². The Morgan fingerprint density at radius 3 is 2.57 bits per heavy atom. The van der Waals surface area contributed by atoms with Crippen molar-refractivity contribution in [3.8, 4) is 28.6 Å². The monoisotopic (exact) mass is 504 g/mol. The quantitative estimate of drug-likeness (QED) is 0.351. The fourth-order valence-corrected chi connectivity index (χ4v) is 3.84. The smallest absolute Gasteiger partial charge is 0.418 e. The lowest BCUT2D eigenvalue weighted by atomic mass is 10.1. The lowest BCUT2D eigenvalue weighted by Gasteiger charge is -2.13. The number of benzene rings is 2. The molecule has 0 aliphatic carbocycles. The molecular weight excluding hydrogens is 485 g/mol. The molecular formula is C22H19F3N6O3S. The molecule has 0 fully saturated rings. The summed E-state index contributed by atoms with van der Waals surface area (Å²) < 4.78 is 51.4. The molecule has 0 radical (unpaired) electrons. The van der Waals surface area contributed by atoms with Crippen LogP contribution in [0.4, 0.5) is 24.7 Å². The number of carbonyl (C=O) groups excluding carboxylic acids is 1. The van der Waals surface area contributed by atoms with Crippen molar-refractivity contribution >= 4 is 29.2 Å². The molecule has 4 aromatic rings. The van der Waals surface area contributed by atoms with Crippen LogP contribution >= 0.6 is 11.8 Å². The average Bonchev–Trinajstić information content (AvgIpc) is 3.43. The Bertz CT molecular complexity index is 1350. The van der Waals surface area contributed by atoms with E-state index in [0.717, 1.165) is 6.07 Å². The predicted octanol–water partition coefficient (Wildman–Crippen LogP) is 4.57. The highest BCUT2D eigenvalue weighted by Gasteiger charge is 2.33. The maximum absolute atomic E-state index is 13.2. The van der Waals surface area contributed by atoms with Crippen molar-refractivity contribution in [1.82, 2.24) is 19.9 Å². The van der Waals surface area contributed by atoms with Crippen molar-refractivity contribution in [3.05, 3.63) is 54.1 Å². The molecule has 1 amide bonds. The van der Waals surface area contributed by atoms with Crippen LogP contribution in [0.5, 0.6) is 5.75 Å². The minimum Gasteiger partial charge on any atom is -0.497 e. The van der Waals surface area contributed by atoms with Crippen molar-refractivity contribution < 1.29 is 27.2 Å². The molecule has 0 bridgehead atoms. The number of methoxy groups -OCH3 is 1. The van der Waals surface area contributed by atoms with Gasteiger partial charge in [0, 0.05) is 5.56 Å². The van der Waals surface area contributed by atoms with Gasteiger partial charge in [-0.1, -0.05) is 17.3 Å². The van der Waals surface area contributed by atoms with Gasteiger partial charge in [-0.25, -0.2) is 4.68 Å². The Hall–Kier alpha value is -4.00. The minimum absolute atomic E-state index is 0.0542. The number of aromatic nitrogens is 4. The van der Waals surface area contributed by atoms with E-state index in [-0.39, 0.29) is 17.4 Å². The first-order valence-corrected chi connectivity index (χ1v) is 11.3. The number of carbonyl (C=O) groups is 1. The SMILES string of the molecule is COc1ccc(-c2noc(-c3c(SC)nn(CC(=O)Nc4ccccc4C(F)(F)F)c3N)n2)cc1. The molecule has 9 nitrogen and oxygen atoms in total. The third-order valence-corrected chi connectivity index (χ3v) is 5.61. The zero-order valence-electron chi connectivity index (χ0n) is 18.5. The molecule has 13 heteroatoms. The highest BCUT2D eigenvalue weighted by molar-refractivity contribution is 7.98. The Kier molecular flexibility index (Phi) is 6.69. The van der Waals surface area contributed by atoms with Gasteiger partial charge >= 0.3 is 6.18 Å². The number of nitrogens with one attached hydrogen (secondary N) is 1. The fraction of sp³-hybridized carbons (Fsp3) is 0.182. The summed E-state index contributed by atoms with van der Waals surface area (Å²) in [4.78, 5) is 16.9. The zero-order chi connectivity index (χ0) is 25.2. The van der Waals surface area contributed by atoms with Crippen LogP contribution < -0.4 is 15.8 Å². The van der Waals surface area contributed by atoms with Gasteiger partial charge < -0.3 is 20.3 Å². The largest absolute Gasteiger partial charge is 0.497 e. The normalized spacial score (nSPS) is 11.5.